The van der Waals surface area contributed by atoms with Gasteiger partial charge in [0.1, 0.15) is 11.2 Å². The third-order valence-corrected chi connectivity index (χ3v) is 12.2. The first kappa shape index (κ1) is 36.4. The van der Waals surface area contributed by atoms with Gasteiger partial charge in [0.2, 0.25) is 0 Å². The van der Waals surface area contributed by atoms with Crippen molar-refractivity contribution >= 4 is 43.5 Å². The highest BCUT2D eigenvalue weighted by Crippen LogP contribution is 2.42. The largest absolute Gasteiger partial charge is 0.456 e. The molecular weight excluding hydrogens is 767 g/mol. The van der Waals surface area contributed by atoms with E-state index in [1.807, 2.05) is 54.6 Å². The number of benzene rings is 10. The average Bonchev–Trinajstić information content (AvgIpc) is 3.74. The van der Waals surface area contributed by atoms with Gasteiger partial charge in [0.25, 0.3) is 0 Å². The Morgan fingerprint density at radius 1 is 0.222 bits per heavy atom. The Morgan fingerprint density at radius 3 is 1.25 bits per heavy atom. The molecule has 0 spiro atoms. The molecule has 0 atom stereocenters. The number of hydrogen-bond donors (Lipinski definition) is 0. The van der Waals surface area contributed by atoms with Gasteiger partial charge in [0.05, 0.1) is 0 Å². The van der Waals surface area contributed by atoms with Gasteiger partial charge >= 0.3 is 0 Å². The van der Waals surface area contributed by atoms with Gasteiger partial charge in [-0.1, -0.05) is 206 Å². The number of furan rings is 1. The second-order valence-corrected chi connectivity index (χ2v) is 15.9. The van der Waals surface area contributed by atoms with Crippen molar-refractivity contribution in [2.24, 2.45) is 0 Å². The Bertz CT molecular complexity index is 3670. The molecule has 0 radical (unpaired) electrons. The molecule has 0 bridgehead atoms. The SMILES string of the molecule is c1ccc(-c2nc(-c3ccc(-c4ccc(-c5ccc(-c6ccc7oc8ccccc8c7c6)c6ccccc56)c5ccccc45)cc3)nc(-c3ccccc3-c3ccccc3)n2)cc1. The number of aromatic nitrogens is 3. The van der Waals surface area contributed by atoms with E-state index in [-0.39, 0.29) is 0 Å². The molecule has 0 saturated heterocycles. The molecule has 12 rings (SSSR count). The van der Waals surface area contributed by atoms with E-state index in [1.54, 1.807) is 0 Å². The summed E-state index contributed by atoms with van der Waals surface area (Å²) in [6, 6.07) is 78.9. The number of para-hydroxylation sites is 1. The maximum absolute atomic E-state index is 6.16. The van der Waals surface area contributed by atoms with Crippen LogP contribution in [0.2, 0.25) is 0 Å². The van der Waals surface area contributed by atoms with E-state index in [4.69, 9.17) is 19.4 Å². The molecule has 0 N–H and O–H groups in total. The molecule has 4 nitrogen and oxygen atoms in total. The van der Waals surface area contributed by atoms with Gasteiger partial charge in [0, 0.05) is 27.5 Å². The summed E-state index contributed by atoms with van der Waals surface area (Å²) in [5, 5.41) is 7.09. The zero-order chi connectivity index (χ0) is 41.7. The van der Waals surface area contributed by atoms with Crippen molar-refractivity contribution in [3.05, 3.63) is 224 Å². The van der Waals surface area contributed by atoms with Crippen molar-refractivity contribution in [1.29, 1.82) is 0 Å². The van der Waals surface area contributed by atoms with Crippen LogP contribution in [0.25, 0.3) is 122 Å². The smallest absolute Gasteiger partial charge is 0.164 e. The fourth-order valence-corrected chi connectivity index (χ4v) is 9.15. The van der Waals surface area contributed by atoms with Crippen molar-refractivity contribution in [1.82, 2.24) is 15.0 Å². The Labute approximate surface area is 364 Å². The molecular formula is C59H37N3O. The quantitative estimate of drug-likeness (QED) is 0.161. The molecule has 63 heavy (non-hydrogen) atoms. The maximum atomic E-state index is 6.16. The zero-order valence-corrected chi connectivity index (χ0v) is 34.1. The van der Waals surface area contributed by atoms with Crippen LogP contribution in [0.5, 0.6) is 0 Å². The number of rotatable bonds is 7. The van der Waals surface area contributed by atoms with E-state index < -0.39 is 0 Å². The summed E-state index contributed by atoms with van der Waals surface area (Å²) < 4.78 is 6.16. The van der Waals surface area contributed by atoms with Gasteiger partial charge in [-0.15, -0.1) is 0 Å². The lowest BCUT2D eigenvalue weighted by atomic mass is 9.88. The Morgan fingerprint density at radius 2 is 0.619 bits per heavy atom. The van der Waals surface area contributed by atoms with E-state index in [2.05, 4.69) is 170 Å². The van der Waals surface area contributed by atoms with Gasteiger partial charge in [-0.2, -0.15) is 0 Å². The van der Waals surface area contributed by atoms with Crippen LogP contribution < -0.4 is 0 Å². The van der Waals surface area contributed by atoms with Gasteiger partial charge < -0.3 is 4.42 Å². The first-order valence-corrected chi connectivity index (χ1v) is 21.3. The van der Waals surface area contributed by atoms with E-state index in [0.717, 1.165) is 55.3 Å². The Kier molecular flexibility index (Phi) is 8.79. The normalized spacial score (nSPS) is 11.5. The molecule has 0 aliphatic heterocycles. The third kappa shape index (κ3) is 6.44. The lowest BCUT2D eigenvalue weighted by molar-refractivity contribution is 0.669. The maximum Gasteiger partial charge on any atom is 0.164 e. The topological polar surface area (TPSA) is 51.8 Å². The monoisotopic (exact) mass is 803 g/mol. The summed E-state index contributed by atoms with van der Waals surface area (Å²) in [5.74, 6) is 1.90. The van der Waals surface area contributed by atoms with E-state index in [1.165, 1.54) is 49.4 Å². The third-order valence-electron chi connectivity index (χ3n) is 12.2. The van der Waals surface area contributed by atoms with Crippen LogP contribution in [0.4, 0.5) is 0 Å². The van der Waals surface area contributed by atoms with E-state index >= 15 is 0 Å². The average molecular weight is 804 g/mol. The van der Waals surface area contributed by atoms with Crippen LogP contribution in [-0.4, -0.2) is 15.0 Å². The molecule has 0 saturated carbocycles. The highest BCUT2D eigenvalue weighted by Gasteiger charge is 2.18. The molecule has 2 aromatic heterocycles. The predicted molar refractivity (Wildman–Crippen MR) is 260 cm³/mol. The highest BCUT2D eigenvalue weighted by molar-refractivity contribution is 6.13. The minimum atomic E-state index is 0.627. The summed E-state index contributed by atoms with van der Waals surface area (Å²) in [4.78, 5) is 15.2. The van der Waals surface area contributed by atoms with Gasteiger partial charge in [-0.3, -0.25) is 0 Å². The zero-order valence-electron chi connectivity index (χ0n) is 34.1. The van der Waals surface area contributed by atoms with Crippen molar-refractivity contribution in [3.63, 3.8) is 0 Å². The molecule has 0 unspecified atom stereocenters. The minimum absolute atomic E-state index is 0.627. The summed E-state index contributed by atoms with van der Waals surface area (Å²) in [7, 11) is 0. The second-order valence-electron chi connectivity index (χ2n) is 15.9. The van der Waals surface area contributed by atoms with Crippen molar-refractivity contribution < 1.29 is 4.42 Å². The first-order valence-electron chi connectivity index (χ1n) is 21.3. The molecule has 0 amide bonds. The fraction of sp³-hybridized carbons (Fsp3) is 0. The van der Waals surface area contributed by atoms with Crippen LogP contribution in [-0.2, 0) is 0 Å². The summed E-state index contributed by atoms with van der Waals surface area (Å²) in [6.07, 6.45) is 0. The van der Waals surface area contributed by atoms with Crippen LogP contribution >= 0.6 is 0 Å². The minimum Gasteiger partial charge on any atom is -0.456 e. The molecule has 10 aromatic carbocycles. The molecule has 12 aromatic rings. The van der Waals surface area contributed by atoms with Gasteiger partial charge in [0.15, 0.2) is 17.5 Å². The highest BCUT2D eigenvalue weighted by atomic mass is 16.3. The van der Waals surface area contributed by atoms with Crippen molar-refractivity contribution in [2.45, 2.75) is 0 Å². The summed E-state index contributed by atoms with van der Waals surface area (Å²) in [5.41, 5.74) is 13.9. The molecule has 4 heteroatoms. The van der Waals surface area contributed by atoms with Gasteiger partial charge in [-0.05, 0) is 84.3 Å². The van der Waals surface area contributed by atoms with Crippen LogP contribution in [0.1, 0.15) is 0 Å². The molecule has 0 fully saturated rings. The lowest BCUT2D eigenvalue weighted by Crippen LogP contribution is -2.01. The van der Waals surface area contributed by atoms with Crippen LogP contribution in [0.15, 0.2) is 229 Å². The lowest BCUT2D eigenvalue weighted by Gasteiger charge is -2.16. The number of hydrogen-bond acceptors (Lipinski definition) is 4. The predicted octanol–water partition coefficient (Wildman–Crippen LogP) is 15.7. The standard InChI is InChI=1S/C59H37N3O/c1-3-15-38(16-4-1)43-19-7-12-25-53(43)59-61-57(40-17-5-2-6-18-40)60-58(62-59)41-29-27-39(28-30-41)44-32-34-50(48-22-10-8-20-46(44)48)51-35-33-45(47-21-9-11-23-49(47)51)42-31-36-56-54(37-42)52-24-13-14-26-55(52)63-56/h1-37H. The molecule has 0 aliphatic carbocycles. The van der Waals surface area contributed by atoms with E-state index in [0.29, 0.717) is 17.5 Å². The van der Waals surface area contributed by atoms with Crippen molar-refractivity contribution in [3.8, 4) is 78.7 Å². The molecule has 294 valence electrons. The second kappa shape index (κ2) is 15.2. The Hall–Kier alpha value is -8.47. The van der Waals surface area contributed by atoms with E-state index in [9.17, 15) is 0 Å². The van der Waals surface area contributed by atoms with Crippen molar-refractivity contribution in [2.75, 3.05) is 0 Å². The van der Waals surface area contributed by atoms with Crippen LogP contribution in [0.3, 0.4) is 0 Å². The summed E-state index contributed by atoms with van der Waals surface area (Å²) >= 11 is 0. The van der Waals surface area contributed by atoms with Crippen LogP contribution in [0, 0.1) is 0 Å². The first-order chi connectivity index (χ1) is 31.2. The number of nitrogens with zero attached hydrogens (tertiary/aromatic N) is 3. The number of fused-ring (bicyclic) bond motifs is 5. The molecule has 0 aliphatic rings. The Balaban J connectivity index is 0.932. The van der Waals surface area contributed by atoms with Gasteiger partial charge in [-0.25, -0.2) is 15.0 Å². The fourth-order valence-electron chi connectivity index (χ4n) is 9.15. The summed E-state index contributed by atoms with van der Waals surface area (Å²) in [6.45, 7) is 0. The molecule has 2 heterocycles.